The molecule has 0 bridgehead atoms. The number of hydrogen-bond donors (Lipinski definition) is 0. The molecular weight excluding hydrogens is 449 g/mol. The van der Waals surface area contributed by atoms with Crippen molar-refractivity contribution in [2.45, 2.75) is 26.7 Å². The molecule has 0 spiro atoms. The molecule has 0 N–H and O–H groups in total. The summed E-state index contributed by atoms with van der Waals surface area (Å²) < 4.78 is 25.2. The number of aryl methyl sites for hydroxylation is 1. The van der Waals surface area contributed by atoms with Gasteiger partial charge in [0, 0.05) is 18.5 Å². The second kappa shape index (κ2) is 9.70. The lowest BCUT2D eigenvalue weighted by molar-refractivity contribution is -0.151. The van der Waals surface area contributed by atoms with Crippen LogP contribution in [0.15, 0.2) is 30.3 Å². The SMILES string of the molecule is CCOC(=O)C1CCN(C(=O)COC(=O)c2cc3c(C)nn(-c4ccc(F)cc4)c3s2)CC1. The maximum Gasteiger partial charge on any atom is 0.348 e. The molecule has 1 aliphatic heterocycles. The molecule has 0 unspecified atom stereocenters. The highest BCUT2D eigenvalue weighted by atomic mass is 32.1. The van der Waals surface area contributed by atoms with E-state index in [9.17, 15) is 18.8 Å². The van der Waals surface area contributed by atoms with Crippen molar-refractivity contribution in [2.24, 2.45) is 5.92 Å². The van der Waals surface area contributed by atoms with Crippen LogP contribution in [0.2, 0.25) is 0 Å². The predicted octanol–water partition coefficient (Wildman–Crippen LogP) is 3.49. The summed E-state index contributed by atoms with van der Waals surface area (Å²) in [6.45, 7) is 4.42. The summed E-state index contributed by atoms with van der Waals surface area (Å²) in [6.07, 6.45) is 1.07. The minimum absolute atomic E-state index is 0.195. The molecule has 0 radical (unpaired) electrons. The van der Waals surface area contributed by atoms with Gasteiger partial charge in [-0.15, -0.1) is 11.3 Å². The average molecular weight is 474 g/mol. The van der Waals surface area contributed by atoms with Crippen molar-refractivity contribution in [3.8, 4) is 5.69 Å². The van der Waals surface area contributed by atoms with Gasteiger partial charge >= 0.3 is 11.9 Å². The fraction of sp³-hybridized carbons (Fsp3) is 0.391. The second-order valence-electron chi connectivity index (χ2n) is 7.79. The molecule has 0 aliphatic carbocycles. The maximum atomic E-state index is 13.3. The molecule has 4 rings (SSSR count). The largest absolute Gasteiger partial charge is 0.466 e. The Morgan fingerprint density at radius 3 is 2.52 bits per heavy atom. The van der Waals surface area contributed by atoms with Gasteiger partial charge in [0.25, 0.3) is 5.91 Å². The number of likely N-dealkylation sites (tertiary alicyclic amines) is 1. The second-order valence-corrected chi connectivity index (χ2v) is 8.82. The van der Waals surface area contributed by atoms with E-state index in [1.54, 1.807) is 34.7 Å². The Kier molecular flexibility index (Phi) is 6.73. The number of aromatic nitrogens is 2. The van der Waals surface area contributed by atoms with E-state index in [1.807, 2.05) is 6.92 Å². The van der Waals surface area contributed by atoms with Gasteiger partial charge in [0.15, 0.2) is 6.61 Å². The number of benzene rings is 1. The predicted molar refractivity (Wildman–Crippen MR) is 120 cm³/mol. The molecule has 33 heavy (non-hydrogen) atoms. The van der Waals surface area contributed by atoms with E-state index in [0.717, 1.165) is 15.9 Å². The Hall–Kier alpha value is -3.27. The molecule has 1 saturated heterocycles. The summed E-state index contributed by atoms with van der Waals surface area (Å²) in [7, 11) is 0. The standard InChI is InChI=1S/C23H24FN3O5S/c1-3-31-22(29)15-8-10-26(11-9-15)20(28)13-32-23(30)19-12-18-14(2)25-27(21(18)33-19)17-6-4-16(24)5-7-17/h4-7,12,15H,3,8-11,13H2,1-2H3. The lowest BCUT2D eigenvalue weighted by Crippen LogP contribution is -2.42. The van der Waals surface area contributed by atoms with Gasteiger partial charge in [0.2, 0.25) is 0 Å². The number of fused-ring (bicyclic) bond motifs is 1. The number of carbonyl (C=O) groups excluding carboxylic acids is 3. The number of carbonyl (C=O) groups is 3. The van der Waals surface area contributed by atoms with Crippen molar-refractivity contribution in [3.63, 3.8) is 0 Å². The van der Waals surface area contributed by atoms with Gasteiger partial charge in [-0.25, -0.2) is 13.9 Å². The van der Waals surface area contributed by atoms with Gasteiger partial charge in [0.05, 0.1) is 23.9 Å². The van der Waals surface area contributed by atoms with Crippen LogP contribution in [0, 0.1) is 18.7 Å². The molecule has 8 nitrogen and oxygen atoms in total. The molecule has 1 aromatic carbocycles. The fourth-order valence-corrected chi connectivity index (χ4v) is 4.90. The number of rotatable bonds is 6. The monoisotopic (exact) mass is 473 g/mol. The third-order valence-electron chi connectivity index (χ3n) is 5.61. The Bertz CT molecular complexity index is 1180. The van der Waals surface area contributed by atoms with E-state index in [0.29, 0.717) is 43.1 Å². The van der Waals surface area contributed by atoms with Crippen molar-refractivity contribution in [2.75, 3.05) is 26.3 Å². The highest BCUT2D eigenvalue weighted by Crippen LogP contribution is 2.31. The molecule has 1 fully saturated rings. The topological polar surface area (TPSA) is 90.7 Å². The summed E-state index contributed by atoms with van der Waals surface area (Å²) >= 11 is 1.20. The first-order valence-electron chi connectivity index (χ1n) is 10.7. The number of halogens is 1. The number of ether oxygens (including phenoxy) is 2. The van der Waals surface area contributed by atoms with Crippen LogP contribution >= 0.6 is 11.3 Å². The third kappa shape index (κ3) is 4.90. The molecule has 3 heterocycles. The Morgan fingerprint density at radius 2 is 1.85 bits per heavy atom. The van der Waals surface area contributed by atoms with Crippen molar-refractivity contribution >= 4 is 39.4 Å². The maximum absolute atomic E-state index is 13.3. The van der Waals surface area contributed by atoms with Crippen LogP contribution in [0.3, 0.4) is 0 Å². The molecule has 2 aromatic heterocycles. The number of amides is 1. The Labute approximate surface area is 193 Å². The number of hydrogen-bond acceptors (Lipinski definition) is 7. The summed E-state index contributed by atoms with van der Waals surface area (Å²) in [5.41, 5.74) is 1.41. The number of piperidine rings is 1. The highest BCUT2D eigenvalue weighted by Gasteiger charge is 2.29. The van der Waals surface area contributed by atoms with Crippen LogP contribution < -0.4 is 0 Å². The van der Waals surface area contributed by atoms with E-state index in [1.165, 1.54) is 23.5 Å². The van der Waals surface area contributed by atoms with Crippen LogP contribution in [0.5, 0.6) is 0 Å². The summed E-state index contributed by atoms with van der Waals surface area (Å²) in [6, 6.07) is 7.62. The fourth-order valence-electron chi connectivity index (χ4n) is 3.82. The highest BCUT2D eigenvalue weighted by molar-refractivity contribution is 7.20. The summed E-state index contributed by atoms with van der Waals surface area (Å²) in [5.74, 6) is -1.64. The molecule has 174 valence electrons. The van der Waals surface area contributed by atoms with Gasteiger partial charge in [-0.2, -0.15) is 5.10 Å². The molecule has 0 saturated carbocycles. The molecular formula is C23H24FN3O5S. The molecule has 1 aliphatic rings. The smallest absolute Gasteiger partial charge is 0.348 e. The van der Waals surface area contributed by atoms with Crippen molar-refractivity contribution in [1.82, 2.24) is 14.7 Å². The number of esters is 2. The van der Waals surface area contributed by atoms with Gasteiger partial charge in [-0.3, -0.25) is 9.59 Å². The first kappa shape index (κ1) is 22.9. The van der Waals surface area contributed by atoms with E-state index >= 15 is 0 Å². The van der Waals surface area contributed by atoms with E-state index < -0.39 is 5.97 Å². The van der Waals surface area contributed by atoms with Crippen LogP contribution in [0.1, 0.15) is 35.1 Å². The van der Waals surface area contributed by atoms with E-state index in [2.05, 4.69) is 5.10 Å². The lowest BCUT2D eigenvalue weighted by atomic mass is 9.97. The third-order valence-corrected chi connectivity index (χ3v) is 6.70. The van der Waals surface area contributed by atoms with Crippen LogP contribution in [-0.4, -0.2) is 58.8 Å². The van der Waals surface area contributed by atoms with Crippen molar-refractivity contribution in [3.05, 3.63) is 46.7 Å². The number of nitrogens with zero attached hydrogens (tertiary/aromatic N) is 3. The Morgan fingerprint density at radius 1 is 1.15 bits per heavy atom. The molecule has 3 aromatic rings. The van der Waals surface area contributed by atoms with Gasteiger partial charge < -0.3 is 14.4 Å². The zero-order chi connectivity index (χ0) is 23.5. The first-order chi connectivity index (χ1) is 15.9. The van der Waals surface area contributed by atoms with Crippen molar-refractivity contribution < 1.29 is 28.2 Å². The molecule has 1 amide bonds. The summed E-state index contributed by atoms with van der Waals surface area (Å²) in [5, 5.41) is 5.27. The lowest BCUT2D eigenvalue weighted by Gasteiger charge is -2.30. The summed E-state index contributed by atoms with van der Waals surface area (Å²) in [4.78, 5) is 39.6. The van der Waals surface area contributed by atoms with E-state index in [4.69, 9.17) is 9.47 Å². The zero-order valence-electron chi connectivity index (χ0n) is 18.4. The minimum atomic E-state index is -0.587. The van der Waals surface area contributed by atoms with Gasteiger partial charge in [0.1, 0.15) is 15.5 Å². The van der Waals surface area contributed by atoms with Crippen LogP contribution in [-0.2, 0) is 19.1 Å². The average Bonchev–Trinajstić information content (AvgIpc) is 3.39. The van der Waals surface area contributed by atoms with E-state index in [-0.39, 0.29) is 30.2 Å². The van der Waals surface area contributed by atoms with Crippen LogP contribution in [0.25, 0.3) is 15.9 Å². The van der Waals surface area contributed by atoms with Gasteiger partial charge in [-0.05, 0) is 57.0 Å². The number of thiophene rings is 1. The molecule has 10 heteroatoms. The van der Waals surface area contributed by atoms with Crippen molar-refractivity contribution in [1.29, 1.82) is 0 Å². The quantitative estimate of drug-likeness (QED) is 0.509. The first-order valence-corrected chi connectivity index (χ1v) is 11.6. The Balaban J connectivity index is 1.37. The zero-order valence-corrected chi connectivity index (χ0v) is 19.2. The minimum Gasteiger partial charge on any atom is -0.466 e. The molecule has 0 atom stereocenters. The van der Waals surface area contributed by atoms with Crippen LogP contribution in [0.4, 0.5) is 4.39 Å². The van der Waals surface area contributed by atoms with Gasteiger partial charge in [-0.1, -0.05) is 0 Å². The normalized spacial score (nSPS) is 14.5.